The summed E-state index contributed by atoms with van der Waals surface area (Å²) in [5, 5.41) is 11.8. The molecular formula is C16H12ClN7. The van der Waals surface area contributed by atoms with Crippen molar-refractivity contribution in [1.82, 2.24) is 30.1 Å². The Kier molecular flexibility index (Phi) is 3.76. The lowest BCUT2D eigenvalue weighted by atomic mass is 10.2. The lowest BCUT2D eigenvalue weighted by Crippen LogP contribution is -2.04. The summed E-state index contributed by atoms with van der Waals surface area (Å²) in [7, 11) is 0. The van der Waals surface area contributed by atoms with Crippen molar-refractivity contribution < 1.29 is 0 Å². The van der Waals surface area contributed by atoms with E-state index in [1.807, 2.05) is 30.3 Å². The Hall–Kier alpha value is -3.06. The zero-order valence-corrected chi connectivity index (χ0v) is 13.2. The number of fused-ring (bicyclic) bond motifs is 1. The SMILES string of the molecule is Clc1cccc(CNc2nccc(-c3[nH]nc4ncncc34)n2)c1. The Morgan fingerprint density at radius 3 is 3.04 bits per heavy atom. The molecular weight excluding hydrogens is 326 g/mol. The normalized spacial score (nSPS) is 10.9. The Morgan fingerprint density at radius 2 is 2.12 bits per heavy atom. The molecule has 0 saturated heterocycles. The first-order chi connectivity index (χ1) is 11.8. The van der Waals surface area contributed by atoms with Crippen molar-refractivity contribution in [2.24, 2.45) is 0 Å². The number of halogens is 1. The Labute approximate surface area is 142 Å². The first-order valence-corrected chi connectivity index (χ1v) is 7.63. The maximum absolute atomic E-state index is 5.99. The van der Waals surface area contributed by atoms with Crippen molar-refractivity contribution in [3.63, 3.8) is 0 Å². The molecule has 1 aromatic carbocycles. The second-order valence-electron chi connectivity index (χ2n) is 5.11. The lowest BCUT2D eigenvalue weighted by Gasteiger charge is -2.06. The predicted molar refractivity (Wildman–Crippen MR) is 91.5 cm³/mol. The van der Waals surface area contributed by atoms with E-state index >= 15 is 0 Å². The van der Waals surface area contributed by atoms with Gasteiger partial charge in [-0.15, -0.1) is 0 Å². The van der Waals surface area contributed by atoms with Crippen LogP contribution in [0.15, 0.2) is 49.1 Å². The van der Waals surface area contributed by atoms with Crippen LogP contribution in [0.3, 0.4) is 0 Å². The van der Waals surface area contributed by atoms with Crippen LogP contribution in [-0.2, 0) is 6.54 Å². The third-order valence-electron chi connectivity index (χ3n) is 3.49. The third kappa shape index (κ3) is 2.89. The van der Waals surface area contributed by atoms with Crippen LogP contribution in [-0.4, -0.2) is 30.1 Å². The molecule has 7 nitrogen and oxygen atoms in total. The lowest BCUT2D eigenvalue weighted by molar-refractivity contribution is 1.04. The molecule has 118 valence electrons. The first kappa shape index (κ1) is 14.5. The second kappa shape index (κ2) is 6.21. The molecule has 0 aliphatic rings. The Balaban J connectivity index is 1.60. The number of benzene rings is 1. The third-order valence-corrected chi connectivity index (χ3v) is 3.72. The van der Waals surface area contributed by atoms with Crippen LogP contribution in [0.4, 0.5) is 5.95 Å². The summed E-state index contributed by atoms with van der Waals surface area (Å²) < 4.78 is 0. The quantitative estimate of drug-likeness (QED) is 0.594. The van der Waals surface area contributed by atoms with Gasteiger partial charge in [0, 0.05) is 24.0 Å². The van der Waals surface area contributed by atoms with Gasteiger partial charge in [-0.05, 0) is 23.8 Å². The molecule has 0 spiro atoms. The van der Waals surface area contributed by atoms with Crippen molar-refractivity contribution in [3.05, 3.63) is 59.6 Å². The molecule has 0 atom stereocenters. The molecule has 4 rings (SSSR count). The maximum Gasteiger partial charge on any atom is 0.223 e. The number of anilines is 1. The fourth-order valence-corrected chi connectivity index (χ4v) is 2.58. The van der Waals surface area contributed by atoms with Gasteiger partial charge in [-0.3, -0.25) is 5.10 Å². The molecule has 3 aromatic heterocycles. The van der Waals surface area contributed by atoms with Crippen LogP contribution in [0.2, 0.25) is 5.02 Å². The monoisotopic (exact) mass is 337 g/mol. The molecule has 24 heavy (non-hydrogen) atoms. The van der Waals surface area contributed by atoms with E-state index in [4.69, 9.17) is 11.6 Å². The van der Waals surface area contributed by atoms with Gasteiger partial charge in [0.1, 0.15) is 6.33 Å². The molecule has 0 unspecified atom stereocenters. The van der Waals surface area contributed by atoms with E-state index in [1.165, 1.54) is 6.33 Å². The standard InChI is InChI=1S/C16H12ClN7/c17-11-3-1-2-10(6-11)7-20-16-19-5-4-13(22-16)14-12-8-18-9-21-15(12)24-23-14/h1-6,8-9H,7H2,(H,19,20,22)(H,18,21,23,24). The van der Waals surface area contributed by atoms with Crippen LogP contribution in [0.5, 0.6) is 0 Å². The molecule has 4 aromatic rings. The van der Waals surface area contributed by atoms with E-state index in [2.05, 4.69) is 35.5 Å². The van der Waals surface area contributed by atoms with Crippen molar-refractivity contribution in [2.45, 2.75) is 6.54 Å². The van der Waals surface area contributed by atoms with Crippen molar-refractivity contribution in [2.75, 3.05) is 5.32 Å². The number of nitrogens with one attached hydrogen (secondary N) is 2. The highest BCUT2D eigenvalue weighted by molar-refractivity contribution is 6.30. The van der Waals surface area contributed by atoms with Crippen molar-refractivity contribution in [3.8, 4) is 11.4 Å². The number of aromatic nitrogens is 6. The summed E-state index contributed by atoms with van der Waals surface area (Å²) in [5.74, 6) is 0.520. The summed E-state index contributed by atoms with van der Waals surface area (Å²) in [4.78, 5) is 16.9. The van der Waals surface area contributed by atoms with E-state index < -0.39 is 0 Å². The smallest absolute Gasteiger partial charge is 0.223 e. The fraction of sp³-hybridized carbons (Fsp3) is 0.0625. The second-order valence-corrected chi connectivity index (χ2v) is 5.54. The number of nitrogens with zero attached hydrogens (tertiary/aromatic N) is 5. The average molecular weight is 338 g/mol. The summed E-state index contributed by atoms with van der Waals surface area (Å²) in [6, 6.07) is 9.45. The fourth-order valence-electron chi connectivity index (χ4n) is 2.36. The zero-order chi connectivity index (χ0) is 16.4. The van der Waals surface area contributed by atoms with Gasteiger partial charge in [0.2, 0.25) is 5.95 Å². The minimum Gasteiger partial charge on any atom is -0.350 e. The minimum absolute atomic E-state index is 0.520. The zero-order valence-electron chi connectivity index (χ0n) is 12.4. The Morgan fingerprint density at radius 1 is 1.17 bits per heavy atom. The van der Waals surface area contributed by atoms with Crippen LogP contribution in [0.25, 0.3) is 22.4 Å². The topological polar surface area (TPSA) is 92.3 Å². The molecule has 0 bridgehead atoms. The summed E-state index contributed by atoms with van der Waals surface area (Å²) in [6.07, 6.45) is 4.87. The first-order valence-electron chi connectivity index (χ1n) is 7.25. The number of rotatable bonds is 4. The predicted octanol–water partition coefficient (Wildman–Crippen LogP) is 3.08. The average Bonchev–Trinajstić information content (AvgIpc) is 3.04. The van der Waals surface area contributed by atoms with E-state index in [0.29, 0.717) is 23.2 Å². The Bertz CT molecular complexity index is 998. The van der Waals surface area contributed by atoms with Gasteiger partial charge in [-0.25, -0.2) is 19.9 Å². The summed E-state index contributed by atoms with van der Waals surface area (Å²) in [6.45, 7) is 0.580. The molecule has 0 saturated carbocycles. The number of hydrogen-bond donors (Lipinski definition) is 2. The van der Waals surface area contributed by atoms with Gasteiger partial charge in [-0.1, -0.05) is 23.7 Å². The van der Waals surface area contributed by atoms with E-state index in [9.17, 15) is 0 Å². The van der Waals surface area contributed by atoms with Crippen LogP contribution in [0.1, 0.15) is 5.56 Å². The van der Waals surface area contributed by atoms with Gasteiger partial charge < -0.3 is 5.32 Å². The van der Waals surface area contributed by atoms with Gasteiger partial charge in [0.05, 0.1) is 16.8 Å². The van der Waals surface area contributed by atoms with E-state index in [-0.39, 0.29) is 0 Å². The van der Waals surface area contributed by atoms with E-state index in [0.717, 1.165) is 22.3 Å². The van der Waals surface area contributed by atoms with Crippen LogP contribution < -0.4 is 5.32 Å². The molecule has 0 aliphatic carbocycles. The van der Waals surface area contributed by atoms with Crippen molar-refractivity contribution >= 4 is 28.6 Å². The van der Waals surface area contributed by atoms with Crippen LogP contribution >= 0.6 is 11.6 Å². The van der Waals surface area contributed by atoms with Gasteiger partial charge in [0.15, 0.2) is 5.65 Å². The molecule has 0 aliphatic heterocycles. The van der Waals surface area contributed by atoms with Crippen molar-refractivity contribution in [1.29, 1.82) is 0 Å². The highest BCUT2D eigenvalue weighted by atomic mass is 35.5. The maximum atomic E-state index is 5.99. The largest absolute Gasteiger partial charge is 0.350 e. The highest BCUT2D eigenvalue weighted by Crippen LogP contribution is 2.23. The van der Waals surface area contributed by atoms with Gasteiger partial charge in [-0.2, -0.15) is 5.10 Å². The molecule has 2 N–H and O–H groups in total. The summed E-state index contributed by atoms with van der Waals surface area (Å²) in [5.41, 5.74) is 3.14. The van der Waals surface area contributed by atoms with Crippen LogP contribution in [0, 0.1) is 0 Å². The number of H-pyrrole nitrogens is 1. The van der Waals surface area contributed by atoms with E-state index in [1.54, 1.807) is 12.4 Å². The molecule has 8 heteroatoms. The number of hydrogen-bond acceptors (Lipinski definition) is 6. The molecule has 0 amide bonds. The molecule has 0 fully saturated rings. The highest BCUT2D eigenvalue weighted by Gasteiger charge is 2.10. The number of aromatic amines is 1. The van der Waals surface area contributed by atoms with Gasteiger partial charge >= 0.3 is 0 Å². The summed E-state index contributed by atoms with van der Waals surface area (Å²) >= 11 is 5.99. The van der Waals surface area contributed by atoms with Gasteiger partial charge in [0.25, 0.3) is 0 Å². The molecule has 0 radical (unpaired) electrons. The minimum atomic E-state index is 0.520. The molecule has 3 heterocycles.